The van der Waals surface area contributed by atoms with Gasteiger partial charge >= 0.3 is 0 Å². The fraction of sp³-hybridized carbons (Fsp3) is 0.600. The molecule has 1 aliphatic heterocycles. The zero-order chi connectivity index (χ0) is 9.97. The molecule has 2 N–H and O–H groups in total. The van der Waals surface area contributed by atoms with Crippen LogP contribution in [0.4, 0.5) is 0 Å². The maximum absolute atomic E-state index is 9.97. The third-order valence-electron chi connectivity index (χ3n) is 2.65. The minimum Gasteiger partial charge on any atom is -0.391 e. The topological polar surface area (TPSA) is 32.3 Å². The van der Waals surface area contributed by atoms with Crippen molar-refractivity contribution in [3.05, 3.63) is 20.8 Å². The van der Waals surface area contributed by atoms with Crippen LogP contribution < -0.4 is 5.32 Å². The van der Waals surface area contributed by atoms with Crippen LogP contribution >= 0.6 is 27.3 Å². The van der Waals surface area contributed by atoms with E-state index in [0.29, 0.717) is 6.04 Å². The number of rotatable bonds is 3. The Labute approximate surface area is 96.5 Å². The summed E-state index contributed by atoms with van der Waals surface area (Å²) in [6.45, 7) is 1.05. The Hall–Kier alpha value is 0.1000. The van der Waals surface area contributed by atoms with Crippen LogP contribution in [0.1, 0.15) is 17.7 Å². The van der Waals surface area contributed by atoms with Gasteiger partial charge in [0.15, 0.2) is 0 Å². The van der Waals surface area contributed by atoms with E-state index in [1.54, 1.807) is 11.3 Å². The first-order valence-corrected chi connectivity index (χ1v) is 6.58. The second-order valence-electron chi connectivity index (χ2n) is 3.67. The summed E-state index contributed by atoms with van der Waals surface area (Å²) >= 11 is 5.18. The molecule has 1 aromatic heterocycles. The average molecular weight is 276 g/mol. The molecule has 0 aromatic carbocycles. The van der Waals surface area contributed by atoms with Crippen LogP contribution in [0.5, 0.6) is 0 Å². The molecule has 2 unspecified atom stereocenters. The van der Waals surface area contributed by atoms with E-state index in [1.165, 1.54) is 11.3 Å². The Morgan fingerprint density at radius 1 is 1.71 bits per heavy atom. The smallest absolute Gasteiger partial charge is 0.0741 e. The van der Waals surface area contributed by atoms with E-state index in [4.69, 9.17) is 0 Å². The number of halogens is 1. The molecule has 14 heavy (non-hydrogen) atoms. The van der Waals surface area contributed by atoms with Gasteiger partial charge in [0, 0.05) is 21.8 Å². The van der Waals surface area contributed by atoms with E-state index in [0.717, 1.165) is 23.9 Å². The lowest BCUT2D eigenvalue weighted by Crippen LogP contribution is -2.35. The molecule has 1 saturated heterocycles. The molecule has 0 spiro atoms. The van der Waals surface area contributed by atoms with Gasteiger partial charge in [0.2, 0.25) is 0 Å². The third kappa shape index (κ3) is 2.37. The summed E-state index contributed by atoms with van der Waals surface area (Å²) in [7, 11) is 0. The quantitative estimate of drug-likeness (QED) is 0.886. The van der Waals surface area contributed by atoms with Crippen LogP contribution in [0.25, 0.3) is 0 Å². The fourth-order valence-electron chi connectivity index (χ4n) is 1.84. The molecule has 2 heterocycles. The summed E-state index contributed by atoms with van der Waals surface area (Å²) < 4.78 is 1.12. The molecule has 1 aliphatic rings. The summed E-state index contributed by atoms with van der Waals surface area (Å²) in [5.41, 5.74) is 0. The van der Waals surface area contributed by atoms with Crippen molar-refractivity contribution in [3.63, 3.8) is 0 Å². The molecule has 0 amide bonds. The molecular formula is C10H14BrNOS. The Morgan fingerprint density at radius 3 is 3.14 bits per heavy atom. The maximum Gasteiger partial charge on any atom is 0.0741 e. The normalized spacial score (nSPS) is 24.0. The zero-order valence-corrected chi connectivity index (χ0v) is 10.3. The Morgan fingerprint density at radius 2 is 2.57 bits per heavy atom. The first-order chi connectivity index (χ1) is 6.77. The molecule has 2 atom stereocenters. The molecule has 1 aromatic rings. The molecule has 4 heteroatoms. The van der Waals surface area contributed by atoms with Crippen molar-refractivity contribution in [2.45, 2.75) is 31.4 Å². The van der Waals surface area contributed by atoms with Crippen LogP contribution in [0.15, 0.2) is 15.9 Å². The molecule has 2 nitrogen and oxygen atoms in total. The first kappa shape index (κ1) is 10.6. The van der Waals surface area contributed by atoms with Gasteiger partial charge in [-0.1, -0.05) is 0 Å². The maximum atomic E-state index is 9.97. The van der Waals surface area contributed by atoms with Crippen LogP contribution in [-0.4, -0.2) is 23.8 Å². The van der Waals surface area contributed by atoms with Crippen LogP contribution in [-0.2, 0) is 6.42 Å². The Bertz CT molecular complexity index is 296. The zero-order valence-electron chi connectivity index (χ0n) is 7.87. The molecule has 2 rings (SSSR count). The second-order valence-corrected chi connectivity index (χ2v) is 5.52. The van der Waals surface area contributed by atoms with Crippen LogP contribution in [0.2, 0.25) is 0 Å². The van der Waals surface area contributed by atoms with E-state index in [2.05, 4.69) is 21.2 Å². The molecule has 78 valence electrons. The van der Waals surface area contributed by atoms with Crippen molar-refractivity contribution in [3.8, 4) is 0 Å². The second kappa shape index (κ2) is 4.75. The van der Waals surface area contributed by atoms with E-state index >= 15 is 0 Å². The fourth-order valence-corrected chi connectivity index (χ4v) is 3.41. The van der Waals surface area contributed by atoms with Gasteiger partial charge in [-0.3, -0.25) is 0 Å². The van der Waals surface area contributed by atoms with E-state index < -0.39 is 0 Å². The van der Waals surface area contributed by atoms with Crippen molar-refractivity contribution in [2.24, 2.45) is 0 Å². The summed E-state index contributed by atoms with van der Waals surface area (Å²) in [5.74, 6) is 0. The van der Waals surface area contributed by atoms with Crippen molar-refractivity contribution in [1.82, 2.24) is 5.32 Å². The number of aliphatic hydroxyl groups excluding tert-OH is 1. The highest BCUT2D eigenvalue weighted by atomic mass is 79.9. The Kier molecular flexibility index (Phi) is 3.60. The number of thiophene rings is 1. The molecule has 0 saturated carbocycles. The van der Waals surface area contributed by atoms with Crippen molar-refractivity contribution in [2.75, 3.05) is 6.54 Å². The van der Waals surface area contributed by atoms with Gasteiger partial charge in [-0.25, -0.2) is 0 Å². The van der Waals surface area contributed by atoms with Gasteiger partial charge < -0.3 is 10.4 Å². The largest absolute Gasteiger partial charge is 0.391 e. The highest BCUT2D eigenvalue weighted by Gasteiger charge is 2.23. The predicted octanol–water partition coefficient (Wildman–Crippen LogP) is 2.17. The average Bonchev–Trinajstić information content (AvgIpc) is 2.77. The third-order valence-corrected chi connectivity index (χ3v) is 4.60. The number of hydrogen-bond acceptors (Lipinski definition) is 3. The lowest BCUT2D eigenvalue weighted by Gasteiger charge is -2.17. The molecule has 0 bridgehead atoms. The molecular weight excluding hydrogens is 262 g/mol. The number of aliphatic hydroxyl groups is 1. The predicted molar refractivity (Wildman–Crippen MR) is 62.8 cm³/mol. The minimum atomic E-state index is -0.243. The van der Waals surface area contributed by atoms with E-state index in [9.17, 15) is 5.11 Å². The lowest BCUT2D eigenvalue weighted by molar-refractivity contribution is 0.136. The molecule has 0 radical (unpaired) electrons. The number of nitrogens with one attached hydrogen (secondary N) is 1. The standard InChI is InChI=1S/C10H14BrNOS/c11-7-3-5-14-10(7)6-9(13)8-2-1-4-12-8/h3,5,8-9,12-13H,1-2,4,6H2. The van der Waals surface area contributed by atoms with Crippen LogP contribution in [0, 0.1) is 0 Å². The van der Waals surface area contributed by atoms with Gasteiger partial charge in [0.05, 0.1) is 6.10 Å². The van der Waals surface area contributed by atoms with Gasteiger partial charge in [-0.2, -0.15) is 0 Å². The van der Waals surface area contributed by atoms with E-state index in [1.807, 2.05) is 11.4 Å². The lowest BCUT2D eigenvalue weighted by atomic mass is 10.1. The first-order valence-electron chi connectivity index (χ1n) is 4.90. The summed E-state index contributed by atoms with van der Waals surface area (Å²) in [6, 6.07) is 2.33. The van der Waals surface area contributed by atoms with Gasteiger partial charge in [-0.05, 0) is 46.8 Å². The van der Waals surface area contributed by atoms with Crippen LogP contribution in [0.3, 0.4) is 0 Å². The van der Waals surface area contributed by atoms with Crippen molar-refractivity contribution in [1.29, 1.82) is 0 Å². The SMILES string of the molecule is OC(Cc1sccc1Br)C1CCCN1. The highest BCUT2D eigenvalue weighted by molar-refractivity contribution is 9.10. The van der Waals surface area contributed by atoms with Crippen molar-refractivity contribution < 1.29 is 5.11 Å². The Balaban J connectivity index is 1.93. The molecule has 0 aliphatic carbocycles. The summed E-state index contributed by atoms with van der Waals surface area (Å²) in [6.07, 6.45) is 2.81. The van der Waals surface area contributed by atoms with Gasteiger partial charge in [-0.15, -0.1) is 11.3 Å². The molecule has 1 fully saturated rings. The summed E-state index contributed by atoms with van der Waals surface area (Å²) in [4.78, 5) is 1.24. The van der Waals surface area contributed by atoms with Gasteiger partial charge in [0.25, 0.3) is 0 Å². The van der Waals surface area contributed by atoms with E-state index in [-0.39, 0.29) is 6.10 Å². The monoisotopic (exact) mass is 275 g/mol. The summed E-state index contributed by atoms with van der Waals surface area (Å²) in [5, 5.41) is 15.3. The van der Waals surface area contributed by atoms with Gasteiger partial charge in [0.1, 0.15) is 0 Å². The highest BCUT2D eigenvalue weighted by Crippen LogP contribution is 2.25. The van der Waals surface area contributed by atoms with Crippen molar-refractivity contribution >= 4 is 27.3 Å². The minimum absolute atomic E-state index is 0.243. The number of hydrogen-bond donors (Lipinski definition) is 2.